The third-order valence-corrected chi connectivity index (χ3v) is 5.72. The molecule has 2 aliphatic heterocycles. The van der Waals surface area contributed by atoms with Crippen LogP contribution in [0.15, 0.2) is 51.3 Å². The molecule has 13 heteroatoms. The van der Waals surface area contributed by atoms with Gasteiger partial charge >= 0.3 is 0 Å². The summed E-state index contributed by atoms with van der Waals surface area (Å²) >= 11 is 5.82. The fourth-order valence-electron chi connectivity index (χ4n) is 3.78. The van der Waals surface area contributed by atoms with Crippen LogP contribution in [-0.4, -0.2) is 53.3 Å². The van der Waals surface area contributed by atoms with Crippen LogP contribution in [-0.2, 0) is 16.1 Å². The Hall–Kier alpha value is -4.06. The molecular weight excluding hydrogens is 471 g/mol. The maximum atomic E-state index is 13.5. The van der Waals surface area contributed by atoms with Gasteiger partial charge in [0.15, 0.2) is 12.1 Å². The standard InChI is InChI=1S/C21H16ClFN6O5/c1-32-11-4-5-12(15(8-11)33-2)19-24-16(34-26-19)9-28-18-17(25-27-28)20(30)29(21(18)31)10-3-6-14(23)13(22)7-10/h3-8,17-18H,9H2,1-2H3/t17-,18-/m0/s1. The number of halogens is 2. The molecule has 3 aromatic rings. The van der Waals surface area contributed by atoms with Gasteiger partial charge in [0.25, 0.3) is 11.8 Å². The number of anilines is 1. The van der Waals surface area contributed by atoms with Crippen molar-refractivity contribution in [3.63, 3.8) is 0 Å². The highest BCUT2D eigenvalue weighted by Crippen LogP contribution is 2.35. The van der Waals surface area contributed by atoms with Crippen LogP contribution in [0.3, 0.4) is 0 Å². The van der Waals surface area contributed by atoms with E-state index in [4.69, 9.17) is 25.6 Å². The van der Waals surface area contributed by atoms with Gasteiger partial charge in [-0.25, -0.2) is 9.29 Å². The normalized spacial score (nSPS) is 19.2. The van der Waals surface area contributed by atoms with Crippen LogP contribution in [0.4, 0.5) is 10.1 Å². The summed E-state index contributed by atoms with van der Waals surface area (Å²) in [4.78, 5) is 31.2. The van der Waals surface area contributed by atoms with Gasteiger partial charge < -0.3 is 14.0 Å². The minimum absolute atomic E-state index is 0.0623. The third kappa shape index (κ3) is 3.52. The molecule has 0 spiro atoms. The van der Waals surface area contributed by atoms with Gasteiger partial charge in [0, 0.05) is 6.07 Å². The molecule has 0 N–H and O–H groups in total. The van der Waals surface area contributed by atoms with Gasteiger partial charge in [-0.15, -0.1) is 0 Å². The molecule has 2 amide bonds. The van der Waals surface area contributed by atoms with Crippen LogP contribution in [0.2, 0.25) is 5.02 Å². The lowest BCUT2D eigenvalue weighted by atomic mass is 10.1. The molecule has 0 saturated carbocycles. The van der Waals surface area contributed by atoms with Gasteiger partial charge in [-0.2, -0.15) is 10.1 Å². The molecule has 1 aromatic heterocycles. The zero-order chi connectivity index (χ0) is 24.0. The first kappa shape index (κ1) is 21.8. The van der Waals surface area contributed by atoms with E-state index in [0.717, 1.165) is 11.0 Å². The van der Waals surface area contributed by atoms with Crippen molar-refractivity contribution in [2.45, 2.75) is 18.6 Å². The smallest absolute Gasteiger partial charge is 0.263 e. The number of carbonyl (C=O) groups excluding carboxylic acids is 2. The number of imide groups is 1. The molecule has 2 aliphatic rings. The number of ether oxygens (including phenoxy) is 2. The zero-order valence-corrected chi connectivity index (χ0v) is 18.6. The summed E-state index contributed by atoms with van der Waals surface area (Å²) in [6.07, 6.45) is 0. The lowest BCUT2D eigenvalue weighted by Crippen LogP contribution is -2.39. The van der Waals surface area contributed by atoms with Crippen LogP contribution in [0.1, 0.15) is 5.89 Å². The second-order valence-corrected chi connectivity index (χ2v) is 7.79. The summed E-state index contributed by atoms with van der Waals surface area (Å²) in [7, 11) is 3.05. The van der Waals surface area contributed by atoms with E-state index in [0.29, 0.717) is 17.1 Å². The second-order valence-electron chi connectivity index (χ2n) is 7.38. The summed E-state index contributed by atoms with van der Waals surface area (Å²) in [5.41, 5.74) is 0.725. The summed E-state index contributed by atoms with van der Waals surface area (Å²) in [5.74, 6) is -0.319. The molecule has 0 aliphatic carbocycles. The van der Waals surface area contributed by atoms with Gasteiger partial charge in [-0.3, -0.25) is 14.6 Å². The predicted octanol–water partition coefficient (Wildman–Crippen LogP) is 3.04. The lowest BCUT2D eigenvalue weighted by molar-refractivity contribution is -0.123. The molecule has 2 aromatic carbocycles. The van der Waals surface area contributed by atoms with Crippen molar-refractivity contribution in [2.24, 2.45) is 10.3 Å². The molecule has 11 nitrogen and oxygen atoms in total. The topological polar surface area (TPSA) is 123 Å². The maximum Gasteiger partial charge on any atom is 0.263 e. The average Bonchev–Trinajstić information content (AvgIpc) is 3.53. The molecule has 5 rings (SSSR count). The Morgan fingerprint density at radius 1 is 1.12 bits per heavy atom. The Morgan fingerprint density at radius 3 is 2.68 bits per heavy atom. The highest BCUT2D eigenvalue weighted by atomic mass is 35.5. The fourth-order valence-corrected chi connectivity index (χ4v) is 3.96. The molecular formula is C21H16ClFN6O5. The molecule has 174 valence electrons. The van der Waals surface area contributed by atoms with Crippen LogP contribution in [0.25, 0.3) is 11.4 Å². The summed E-state index contributed by atoms with van der Waals surface area (Å²) in [6.45, 7) is -0.0623. The highest BCUT2D eigenvalue weighted by molar-refractivity contribution is 6.32. The minimum atomic E-state index is -1.04. The number of aromatic nitrogens is 2. The third-order valence-electron chi connectivity index (χ3n) is 5.43. The number of hydrogen-bond acceptors (Lipinski definition) is 10. The van der Waals surface area contributed by atoms with Crippen LogP contribution < -0.4 is 14.4 Å². The predicted molar refractivity (Wildman–Crippen MR) is 115 cm³/mol. The second kappa shape index (κ2) is 8.37. The average molecular weight is 487 g/mol. The Kier molecular flexibility index (Phi) is 5.36. The van der Waals surface area contributed by atoms with Crippen molar-refractivity contribution in [2.75, 3.05) is 19.1 Å². The molecule has 0 radical (unpaired) electrons. The van der Waals surface area contributed by atoms with Crippen LogP contribution in [0.5, 0.6) is 11.5 Å². The first-order valence-electron chi connectivity index (χ1n) is 9.96. The van der Waals surface area contributed by atoms with Gasteiger partial charge in [0.1, 0.15) is 23.9 Å². The number of hydrogen-bond donors (Lipinski definition) is 0. The molecule has 0 unspecified atom stereocenters. The van der Waals surface area contributed by atoms with Crippen molar-refractivity contribution in [3.8, 4) is 22.9 Å². The Labute approximate surface area is 196 Å². The number of benzene rings is 2. The van der Waals surface area contributed by atoms with Crippen molar-refractivity contribution in [1.82, 2.24) is 15.1 Å². The highest BCUT2D eigenvalue weighted by Gasteiger charge is 2.55. The quantitative estimate of drug-likeness (QED) is 0.487. The van der Waals surface area contributed by atoms with E-state index in [9.17, 15) is 14.0 Å². The van der Waals surface area contributed by atoms with Gasteiger partial charge in [-0.1, -0.05) is 22.0 Å². The number of carbonyl (C=O) groups is 2. The largest absolute Gasteiger partial charge is 0.497 e. The van der Waals surface area contributed by atoms with Gasteiger partial charge in [0.2, 0.25) is 11.7 Å². The summed E-state index contributed by atoms with van der Waals surface area (Å²) in [5, 5.41) is 13.0. The van der Waals surface area contributed by atoms with E-state index in [2.05, 4.69) is 20.5 Å². The van der Waals surface area contributed by atoms with Crippen molar-refractivity contribution < 1.29 is 28.0 Å². The van der Waals surface area contributed by atoms with Gasteiger partial charge in [0.05, 0.1) is 30.5 Å². The monoisotopic (exact) mass is 486 g/mol. The number of fused-ring (bicyclic) bond motifs is 1. The van der Waals surface area contributed by atoms with Crippen molar-refractivity contribution in [3.05, 3.63) is 53.1 Å². The number of rotatable bonds is 6. The Balaban J connectivity index is 1.37. The number of amides is 2. The van der Waals surface area contributed by atoms with Crippen LogP contribution >= 0.6 is 11.6 Å². The molecule has 0 bridgehead atoms. The SMILES string of the molecule is COc1ccc(-c2noc(CN3N=N[C@@H]4C(=O)N(c5ccc(F)c(Cl)c5)C(=O)[C@H]43)n2)c(OC)c1. The first-order chi connectivity index (χ1) is 16.4. The van der Waals surface area contributed by atoms with Gasteiger partial charge in [-0.05, 0) is 30.3 Å². The van der Waals surface area contributed by atoms with E-state index in [1.807, 2.05) is 0 Å². The summed E-state index contributed by atoms with van der Waals surface area (Å²) < 4.78 is 29.4. The maximum absolute atomic E-state index is 13.5. The Bertz CT molecular complexity index is 1330. The first-order valence-corrected chi connectivity index (χ1v) is 10.3. The molecule has 2 atom stereocenters. The number of methoxy groups -OCH3 is 2. The Morgan fingerprint density at radius 2 is 1.94 bits per heavy atom. The van der Waals surface area contributed by atoms with E-state index < -0.39 is 29.7 Å². The van der Waals surface area contributed by atoms with E-state index >= 15 is 0 Å². The van der Waals surface area contributed by atoms with E-state index in [-0.39, 0.29) is 29.0 Å². The molecule has 34 heavy (non-hydrogen) atoms. The molecule has 3 heterocycles. The van der Waals surface area contributed by atoms with Crippen molar-refractivity contribution in [1.29, 1.82) is 0 Å². The lowest BCUT2D eigenvalue weighted by Gasteiger charge is -2.19. The van der Waals surface area contributed by atoms with Crippen molar-refractivity contribution >= 4 is 29.1 Å². The molecule has 1 saturated heterocycles. The summed E-state index contributed by atoms with van der Waals surface area (Å²) in [6, 6.07) is 6.69. The van der Waals surface area contributed by atoms with E-state index in [1.165, 1.54) is 24.3 Å². The fraction of sp³-hybridized carbons (Fsp3) is 0.238. The zero-order valence-electron chi connectivity index (χ0n) is 17.8. The van der Waals surface area contributed by atoms with E-state index in [1.54, 1.807) is 25.3 Å². The molecule has 1 fully saturated rings. The van der Waals surface area contributed by atoms with Crippen LogP contribution in [0, 0.1) is 5.82 Å². The minimum Gasteiger partial charge on any atom is -0.497 e. The number of nitrogens with zero attached hydrogens (tertiary/aromatic N) is 6.